The molecule has 0 spiro atoms. The van der Waals surface area contributed by atoms with Gasteiger partial charge in [-0.25, -0.2) is 4.98 Å². The highest BCUT2D eigenvalue weighted by atomic mass is 35.5. The predicted molar refractivity (Wildman–Crippen MR) is 72.2 cm³/mol. The largest absolute Gasteiger partial charge is 0.374 e. The fourth-order valence-electron chi connectivity index (χ4n) is 1.84. The zero-order chi connectivity index (χ0) is 13.0. The number of rotatable bonds is 4. The molecule has 2 heterocycles. The Hall–Kier alpha value is -0.870. The van der Waals surface area contributed by atoms with Gasteiger partial charge in [-0.15, -0.1) is 0 Å². The summed E-state index contributed by atoms with van der Waals surface area (Å²) >= 11 is 7.08. The summed E-state index contributed by atoms with van der Waals surface area (Å²) in [4.78, 5) is 6.88. The average molecular weight is 287 g/mol. The quantitative estimate of drug-likeness (QED) is 0.914. The number of halogens is 1. The molecule has 98 valence electrons. The Kier molecular flexibility index (Phi) is 4.78. The molecule has 1 unspecified atom stereocenters. The molecule has 0 aromatic carbocycles. The normalized spacial score (nSPS) is 20.6. The maximum Gasteiger partial charge on any atom is 0.185 e. The van der Waals surface area contributed by atoms with Gasteiger partial charge in [0.1, 0.15) is 10.9 Å². The molecule has 0 saturated carbocycles. The van der Waals surface area contributed by atoms with E-state index in [9.17, 15) is 0 Å². The first-order chi connectivity index (χ1) is 8.72. The van der Waals surface area contributed by atoms with Crippen molar-refractivity contribution in [2.45, 2.75) is 13.0 Å². The zero-order valence-electron chi connectivity index (χ0n) is 10.1. The first-order valence-corrected chi connectivity index (χ1v) is 7.06. The molecule has 1 saturated heterocycles. The standard InChI is InChI=1S/C11H15ClN4OS/c1-2-16-3-4-17-8(7-16)6-14-11-15-10(12)9(5-13)18-11/h8H,2-4,6-7H2,1H3,(H,14,15). The lowest BCUT2D eigenvalue weighted by Crippen LogP contribution is -2.45. The van der Waals surface area contributed by atoms with E-state index in [1.165, 1.54) is 11.3 Å². The molecule has 0 bridgehead atoms. The van der Waals surface area contributed by atoms with Crippen LogP contribution in [0.2, 0.25) is 5.15 Å². The molecule has 18 heavy (non-hydrogen) atoms. The van der Waals surface area contributed by atoms with Crippen molar-refractivity contribution >= 4 is 28.1 Å². The molecular formula is C11H15ClN4OS. The minimum absolute atomic E-state index is 0.159. The van der Waals surface area contributed by atoms with E-state index in [1.54, 1.807) is 0 Å². The second kappa shape index (κ2) is 6.34. The molecule has 7 heteroatoms. The van der Waals surface area contributed by atoms with E-state index < -0.39 is 0 Å². The lowest BCUT2D eigenvalue weighted by Gasteiger charge is -2.32. The van der Waals surface area contributed by atoms with Crippen LogP contribution in [0.4, 0.5) is 5.13 Å². The van der Waals surface area contributed by atoms with Crippen molar-refractivity contribution in [3.8, 4) is 6.07 Å². The number of aromatic nitrogens is 1. The van der Waals surface area contributed by atoms with Crippen molar-refractivity contribution in [2.24, 2.45) is 0 Å². The number of anilines is 1. The van der Waals surface area contributed by atoms with E-state index in [0.29, 0.717) is 16.6 Å². The predicted octanol–water partition coefficient (Wildman–Crippen LogP) is 1.80. The summed E-state index contributed by atoms with van der Waals surface area (Å²) < 4.78 is 5.67. The Balaban J connectivity index is 1.85. The summed E-state index contributed by atoms with van der Waals surface area (Å²) in [7, 11) is 0. The molecule has 5 nitrogen and oxygen atoms in total. The van der Waals surface area contributed by atoms with Gasteiger partial charge in [0.15, 0.2) is 10.3 Å². The SMILES string of the molecule is CCN1CCOC(CNc2nc(Cl)c(C#N)s2)C1. The van der Waals surface area contributed by atoms with Gasteiger partial charge in [-0.2, -0.15) is 5.26 Å². The molecule has 1 aliphatic rings. The third-order valence-electron chi connectivity index (χ3n) is 2.84. The van der Waals surface area contributed by atoms with Crippen molar-refractivity contribution in [1.82, 2.24) is 9.88 Å². The van der Waals surface area contributed by atoms with Crippen molar-refractivity contribution in [3.05, 3.63) is 10.0 Å². The number of ether oxygens (including phenoxy) is 1. The fraction of sp³-hybridized carbons (Fsp3) is 0.636. The van der Waals surface area contributed by atoms with Gasteiger partial charge < -0.3 is 10.1 Å². The summed E-state index contributed by atoms with van der Waals surface area (Å²) in [5, 5.41) is 12.9. The highest BCUT2D eigenvalue weighted by Gasteiger charge is 2.19. The van der Waals surface area contributed by atoms with Crippen LogP contribution >= 0.6 is 22.9 Å². The van der Waals surface area contributed by atoms with Gasteiger partial charge >= 0.3 is 0 Å². The van der Waals surface area contributed by atoms with Gasteiger partial charge in [-0.1, -0.05) is 29.9 Å². The summed E-state index contributed by atoms with van der Waals surface area (Å²) in [6.45, 7) is 6.56. The monoisotopic (exact) mass is 286 g/mol. The molecular weight excluding hydrogens is 272 g/mol. The van der Waals surface area contributed by atoms with E-state index in [4.69, 9.17) is 21.6 Å². The van der Waals surface area contributed by atoms with Crippen LogP contribution < -0.4 is 5.32 Å². The number of thiazole rings is 1. The molecule has 1 N–H and O–H groups in total. The van der Waals surface area contributed by atoms with Crippen molar-refractivity contribution < 1.29 is 4.74 Å². The van der Waals surface area contributed by atoms with Crippen molar-refractivity contribution in [1.29, 1.82) is 5.26 Å². The number of likely N-dealkylation sites (N-methyl/N-ethyl adjacent to an activating group) is 1. The van der Waals surface area contributed by atoms with Crippen LogP contribution in [0, 0.1) is 11.3 Å². The highest BCUT2D eigenvalue weighted by Crippen LogP contribution is 2.25. The lowest BCUT2D eigenvalue weighted by molar-refractivity contribution is -0.0191. The maximum atomic E-state index is 8.79. The smallest absolute Gasteiger partial charge is 0.185 e. The number of morpholine rings is 1. The van der Waals surface area contributed by atoms with Gasteiger partial charge in [0.05, 0.1) is 12.7 Å². The van der Waals surface area contributed by atoms with Crippen LogP contribution in [0.5, 0.6) is 0 Å². The van der Waals surface area contributed by atoms with Crippen LogP contribution in [0.25, 0.3) is 0 Å². The Morgan fingerprint density at radius 2 is 2.56 bits per heavy atom. The van der Waals surface area contributed by atoms with Gasteiger partial charge in [-0.05, 0) is 6.54 Å². The summed E-state index contributed by atoms with van der Waals surface area (Å²) in [6.07, 6.45) is 0.159. The third-order valence-corrected chi connectivity index (χ3v) is 4.14. The molecule has 1 atom stereocenters. The summed E-state index contributed by atoms with van der Waals surface area (Å²) in [5.41, 5.74) is 0. The minimum Gasteiger partial charge on any atom is -0.374 e. The summed E-state index contributed by atoms with van der Waals surface area (Å²) in [6, 6.07) is 2.01. The molecule has 0 amide bonds. The molecule has 1 aromatic heterocycles. The second-order valence-electron chi connectivity index (χ2n) is 4.02. The lowest BCUT2D eigenvalue weighted by atomic mass is 10.2. The van der Waals surface area contributed by atoms with E-state index >= 15 is 0 Å². The number of nitriles is 1. The van der Waals surface area contributed by atoms with E-state index in [0.717, 1.165) is 26.2 Å². The van der Waals surface area contributed by atoms with E-state index in [1.807, 2.05) is 6.07 Å². The van der Waals surface area contributed by atoms with Crippen molar-refractivity contribution in [3.63, 3.8) is 0 Å². The first kappa shape index (κ1) is 13.6. The van der Waals surface area contributed by atoms with Crippen LogP contribution in [0.1, 0.15) is 11.8 Å². The molecule has 1 aliphatic heterocycles. The summed E-state index contributed by atoms with van der Waals surface area (Å²) in [5.74, 6) is 0. The van der Waals surface area contributed by atoms with Crippen LogP contribution in [0.15, 0.2) is 0 Å². The molecule has 2 rings (SSSR count). The topological polar surface area (TPSA) is 61.2 Å². The molecule has 0 radical (unpaired) electrons. The van der Waals surface area contributed by atoms with E-state index in [-0.39, 0.29) is 11.3 Å². The van der Waals surface area contributed by atoms with Crippen molar-refractivity contribution in [2.75, 3.05) is 38.1 Å². The molecule has 1 aromatic rings. The second-order valence-corrected chi connectivity index (χ2v) is 5.37. The maximum absolute atomic E-state index is 8.79. The van der Waals surface area contributed by atoms with Crippen LogP contribution in [-0.2, 0) is 4.74 Å². The average Bonchev–Trinajstić information content (AvgIpc) is 2.77. The number of nitrogens with zero attached hydrogens (tertiary/aromatic N) is 3. The van der Waals surface area contributed by atoms with Gasteiger partial charge in [0, 0.05) is 19.6 Å². The number of hydrogen-bond acceptors (Lipinski definition) is 6. The number of nitrogens with one attached hydrogen (secondary N) is 1. The Labute approximate surface area is 115 Å². The molecule has 1 fully saturated rings. The Morgan fingerprint density at radius 3 is 3.22 bits per heavy atom. The Bertz CT molecular complexity index is 445. The fourth-order valence-corrected chi connectivity index (χ4v) is 2.79. The van der Waals surface area contributed by atoms with E-state index in [2.05, 4.69) is 22.1 Å². The van der Waals surface area contributed by atoms with Gasteiger partial charge in [-0.3, -0.25) is 4.90 Å². The Morgan fingerprint density at radius 1 is 1.72 bits per heavy atom. The highest BCUT2D eigenvalue weighted by molar-refractivity contribution is 7.16. The van der Waals surface area contributed by atoms with Gasteiger partial charge in [0.2, 0.25) is 0 Å². The zero-order valence-corrected chi connectivity index (χ0v) is 11.7. The van der Waals surface area contributed by atoms with Crippen LogP contribution in [-0.4, -0.2) is 48.8 Å². The number of hydrogen-bond donors (Lipinski definition) is 1. The molecule has 0 aliphatic carbocycles. The van der Waals surface area contributed by atoms with Gasteiger partial charge in [0.25, 0.3) is 0 Å². The minimum atomic E-state index is 0.159. The van der Waals surface area contributed by atoms with Crippen LogP contribution in [0.3, 0.4) is 0 Å². The third kappa shape index (κ3) is 3.33. The first-order valence-electron chi connectivity index (χ1n) is 5.87.